The molecule has 1 saturated carbocycles. The highest BCUT2D eigenvalue weighted by atomic mass is 16.5. The Morgan fingerprint density at radius 1 is 1.32 bits per heavy atom. The molecule has 1 aliphatic carbocycles. The summed E-state index contributed by atoms with van der Waals surface area (Å²) in [4.78, 5) is 4.29. The number of aromatic nitrogens is 2. The molecule has 6 heteroatoms. The second-order valence-electron chi connectivity index (χ2n) is 4.65. The van der Waals surface area contributed by atoms with Crippen LogP contribution in [0.4, 0.5) is 0 Å². The first kappa shape index (κ1) is 12.0. The number of ether oxygens (including phenoxy) is 1. The van der Waals surface area contributed by atoms with E-state index in [0.29, 0.717) is 23.2 Å². The standard InChI is InChI=1S/C13H14N2O4/c1-18-11(7-2-3-7)12-14-13(19-15-12)8-4-5-9(16)10(17)6-8/h4-7,11,16-17H,2-3H2,1H3. The Hall–Kier alpha value is -2.08. The van der Waals surface area contributed by atoms with Crippen LogP contribution in [0.5, 0.6) is 11.5 Å². The lowest BCUT2D eigenvalue weighted by atomic mass is 10.2. The maximum atomic E-state index is 9.46. The molecule has 1 unspecified atom stereocenters. The maximum Gasteiger partial charge on any atom is 0.258 e. The summed E-state index contributed by atoms with van der Waals surface area (Å²) in [6.07, 6.45) is 2.09. The van der Waals surface area contributed by atoms with Gasteiger partial charge >= 0.3 is 0 Å². The molecule has 0 radical (unpaired) electrons. The van der Waals surface area contributed by atoms with Crippen LogP contribution in [0.3, 0.4) is 0 Å². The number of benzene rings is 1. The number of nitrogens with zero attached hydrogens (tertiary/aromatic N) is 2. The fraction of sp³-hybridized carbons (Fsp3) is 0.385. The van der Waals surface area contributed by atoms with E-state index >= 15 is 0 Å². The summed E-state index contributed by atoms with van der Waals surface area (Å²) in [5.41, 5.74) is 0.555. The topological polar surface area (TPSA) is 88.6 Å². The van der Waals surface area contributed by atoms with Crippen molar-refractivity contribution in [2.24, 2.45) is 5.92 Å². The SMILES string of the molecule is COC(c1noc(-c2ccc(O)c(O)c2)n1)C1CC1. The van der Waals surface area contributed by atoms with Crippen molar-refractivity contribution in [3.63, 3.8) is 0 Å². The van der Waals surface area contributed by atoms with Gasteiger partial charge < -0.3 is 19.5 Å². The first-order valence-corrected chi connectivity index (χ1v) is 6.08. The Balaban J connectivity index is 1.89. The molecule has 0 bridgehead atoms. The quantitative estimate of drug-likeness (QED) is 0.821. The molecule has 2 aromatic rings. The van der Waals surface area contributed by atoms with Crippen LogP contribution < -0.4 is 0 Å². The lowest BCUT2D eigenvalue weighted by Crippen LogP contribution is -2.05. The second-order valence-corrected chi connectivity index (χ2v) is 4.65. The van der Waals surface area contributed by atoms with Crippen LogP contribution in [0.2, 0.25) is 0 Å². The molecule has 6 nitrogen and oxygen atoms in total. The molecule has 1 aromatic carbocycles. The van der Waals surface area contributed by atoms with Gasteiger partial charge in [-0.05, 0) is 37.0 Å². The highest BCUT2D eigenvalue weighted by Crippen LogP contribution is 2.42. The van der Waals surface area contributed by atoms with Crippen molar-refractivity contribution >= 4 is 0 Å². The molecule has 0 spiro atoms. The van der Waals surface area contributed by atoms with Gasteiger partial charge in [0.2, 0.25) is 5.82 Å². The zero-order valence-electron chi connectivity index (χ0n) is 10.4. The Labute approximate surface area is 109 Å². The van der Waals surface area contributed by atoms with Gasteiger partial charge in [0, 0.05) is 12.7 Å². The van der Waals surface area contributed by atoms with Crippen molar-refractivity contribution in [3.8, 4) is 23.0 Å². The highest BCUT2D eigenvalue weighted by molar-refractivity contribution is 5.58. The summed E-state index contributed by atoms with van der Waals surface area (Å²) in [6.45, 7) is 0. The number of aromatic hydroxyl groups is 2. The first-order valence-electron chi connectivity index (χ1n) is 6.08. The van der Waals surface area contributed by atoms with Crippen molar-refractivity contribution < 1.29 is 19.5 Å². The van der Waals surface area contributed by atoms with E-state index in [1.165, 1.54) is 12.1 Å². The van der Waals surface area contributed by atoms with Crippen molar-refractivity contribution in [2.75, 3.05) is 7.11 Å². The molecule has 2 N–H and O–H groups in total. The molecule has 3 rings (SSSR count). The fourth-order valence-corrected chi connectivity index (χ4v) is 2.03. The van der Waals surface area contributed by atoms with Crippen molar-refractivity contribution in [3.05, 3.63) is 24.0 Å². The number of phenols is 2. The molecule has 100 valence electrons. The molecule has 1 fully saturated rings. The summed E-state index contributed by atoms with van der Waals surface area (Å²) in [5, 5.41) is 22.6. The Kier molecular flexibility index (Phi) is 2.87. The maximum absolute atomic E-state index is 9.46. The number of hydrogen-bond acceptors (Lipinski definition) is 6. The number of hydrogen-bond donors (Lipinski definition) is 2. The first-order chi connectivity index (χ1) is 9.19. The van der Waals surface area contributed by atoms with Gasteiger partial charge in [-0.25, -0.2) is 0 Å². The molecule has 0 aliphatic heterocycles. The normalized spacial score (nSPS) is 16.5. The minimum atomic E-state index is -0.220. The van der Waals surface area contributed by atoms with Crippen molar-refractivity contribution in [1.82, 2.24) is 10.1 Å². The third-order valence-electron chi connectivity index (χ3n) is 3.22. The fourth-order valence-electron chi connectivity index (χ4n) is 2.03. The summed E-state index contributed by atoms with van der Waals surface area (Å²) in [6, 6.07) is 4.36. The summed E-state index contributed by atoms with van der Waals surface area (Å²) in [5.74, 6) is 0.878. The predicted octanol–water partition coefficient (Wildman–Crippen LogP) is 2.25. The molecule has 1 aliphatic rings. The molecule has 19 heavy (non-hydrogen) atoms. The van der Waals surface area contributed by atoms with Gasteiger partial charge in [0.1, 0.15) is 6.10 Å². The average Bonchev–Trinajstić information content (AvgIpc) is 3.11. The summed E-state index contributed by atoms with van der Waals surface area (Å²) < 4.78 is 10.6. The smallest absolute Gasteiger partial charge is 0.258 e. The van der Waals surface area contributed by atoms with E-state index in [4.69, 9.17) is 9.26 Å². The lowest BCUT2D eigenvalue weighted by Gasteiger charge is -2.08. The van der Waals surface area contributed by atoms with Gasteiger partial charge in [-0.1, -0.05) is 5.16 Å². The van der Waals surface area contributed by atoms with Crippen molar-refractivity contribution in [1.29, 1.82) is 0 Å². The predicted molar refractivity (Wildman–Crippen MR) is 65.5 cm³/mol. The van der Waals surface area contributed by atoms with E-state index in [1.807, 2.05) is 0 Å². The summed E-state index contributed by atoms with van der Waals surface area (Å²) in [7, 11) is 1.63. The van der Waals surface area contributed by atoms with Crippen LogP contribution in [-0.2, 0) is 4.74 Å². The average molecular weight is 262 g/mol. The minimum absolute atomic E-state index is 0.136. The van der Waals surface area contributed by atoms with E-state index in [0.717, 1.165) is 12.8 Å². The zero-order valence-corrected chi connectivity index (χ0v) is 10.4. The van der Waals surface area contributed by atoms with E-state index < -0.39 is 0 Å². The monoisotopic (exact) mass is 262 g/mol. The molecule has 0 saturated heterocycles. The minimum Gasteiger partial charge on any atom is -0.504 e. The molecule has 1 aromatic heterocycles. The van der Waals surface area contributed by atoms with Gasteiger partial charge in [0.25, 0.3) is 5.89 Å². The van der Waals surface area contributed by atoms with Gasteiger partial charge in [-0.2, -0.15) is 4.98 Å². The Bertz CT molecular complexity index is 592. The van der Waals surface area contributed by atoms with Crippen molar-refractivity contribution in [2.45, 2.75) is 18.9 Å². The largest absolute Gasteiger partial charge is 0.504 e. The summed E-state index contributed by atoms with van der Waals surface area (Å²) >= 11 is 0. The highest BCUT2D eigenvalue weighted by Gasteiger charge is 2.35. The van der Waals surface area contributed by atoms with E-state index in [1.54, 1.807) is 13.2 Å². The van der Waals surface area contributed by atoms with Crippen LogP contribution in [0.1, 0.15) is 24.8 Å². The molecular formula is C13H14N2O4. The van der Waals surface area contributed by atoms with Gasteiger partial charge in [-0.3, -0.25) is 0 Å². The van der Waals surface area contributed by atoms with E-state index in [9.17, 15) is 10.2 Å². The number of methoxy groups -OCH3 is 1. The lowest BCUT2D eigenvalue weighted by molar-refractivity contribution is 0.0751. The number of phenolic OH excluding ortho intramolecular Hbond substituents is 2. The third kappa shape index (κ3) is 2.26. The van der Waals surface area contributed by atoms with Crippen LogP contribution in [-0.4, -0.2) is 27.5 Å². The van der Waals surface area contributed by atoms with Gasteiger partial charge in [0.05, 0.1) is 0 Å². The van der Waals surface area contributed by atoms with Crippen LogP contribution in [0.25, 0.3) is 11.5 Å². The van der Waals surface area contributed by atoms with Gasteiger partial charge in [0.15, 0.2) is 11.5 Å². The van der Waals surface area contributed by atoms with Crippen LogP contribution in [0, 0.1) is 5.92 Å². The van der Waals surface area contributed by atoms with E-state index in [-0.39, 0.29) is 17.6 Å². The molecule has 1 heterocycles. The van der Waals surface area contributed by atoms with Crippen LogP contribution in [0.15, 0.2) is 22.7 Å². The second kappa shape index (κ2) is 4.55. The molecule has 0 amide bonds. The van der Waals surface area contributed by atoms with Gasteiger partial charge in [-0.15, -0.1) is 0 Å². The third-order valence-corrected chi connectivity index (χ3v) is 3.22. The Morgan fingerprint density at radius 3 is 2.74 bits per heavy atom. The zero-order chi connectivity index (χ0) is 13.4. The molecule has 1 atom stereocenters. The van der Waals surface area contributed by atoms with Crippen LogP contribution >= 0.6 is 0 Å². The Morgan fingerprint density at radius 2 is 2.11 bits per heavy atom. The number of rotatable bonds is 4. The molecular weight excluding hydrogens is 248 g/mol. The van der Waals surface area contributed by atoms with E-state index in [2.05, 4.69) is 10.1 Å².